The molecule has 1 unspecified atom stereocenters. The van der Waals surface area contributed by atoms with Crippen LogP contribution < -0.4 is 0 Å². The predicted octanol–water partition coefficient (Wildman–Crippen LogP) is 5.30. The standard InChI is InChI=1S/C11H11NO2.C5H7F3O.C5H8/c1-12-7-8(6-11(13)14)9-4-2-3-5-10(9)12;1-2-3-9-5(8)4(6)7;1-3-5-4-2/h2-5,7H,6H2,1H3,(H,13,14);2,4-5H,1,3H2;3-5H,1H2,2H3/b;;5-4+. The number of aromatic nitrogens is 1. The first-order valence-electron chi connectivity index (χ1n) is 8.41. The van der Waals surface area contributed by atoms with Crippen LogP contribution >= 0.6 is 0 Å². The van der Waals surface area contributed by atoms with Gasteiger partial charge in [0.25, 0.3) is 12.8 Å². The zero-order chi connectivity index (χ0) is 21.5. The summed E-state index contributed by atoms with van der Waals surface area (Å²) in [6.45, 7) is 8.39. The van der Waals surface area contributed by atoms with Crippen LogP contribution in [0.1, 0.15) is 12.5 Å². The molecule has 1 atom stereocenters. The van der Waals surface area contributed by atoms with Crippen molar-refractivity contribution in [2.24, 2.45) is 7.05 Å². The molecule has 0 fully saturated rings. The van der Waals surface area contributed by atoms with Crippen molar-refractivity contribution in [2.45, 2.75) is 26.1 Å². The number of fused-ring (bicyclic) bond motifs is 1. The zero-order valence-corrected chi connectivity index (χ0v) is 16.0. The summed E-state index contributed by atoms with van der Waals surface area (Å²) in [5, 5.41) is 9.75. The van der Waals surface area contributed by atoms with Gasteiger partial charge in [0.15, 0.2) is 0 Å². The summed E-state index contributed by atoms with van der Waals surface area (Å²) in [6.07, 6.45) is 3.19. The molecular formula is C21H26F3NO3. The van der Waals surface area contributed by atoms with Gasteiger partial charge >= 0.3 is 5.97 Å². The van der Waals surface area contributed by atoms with E-state index in [1.165, 1.54) is 6.08 Å². The number of alkyl halides is 3. The minimum absolute atomic E-state index is 0.0847. The van der Waals surface area contributed by atoms with Gasteiger partial charge in [0.2, 0.25) is 0 Å². The third-order valence-electron chi connectivity index (χ3n) is 3.22. The molecule has 0 radical (unpaired) electrons. The van der Waals surface area contributed by atoms with Crippen LogP contribution in [0.15, 0.2) is 67.9 Å². The van der Waals surface area contributed by atoms with E-state index in [0.717, 1.165) is 16.5 Å². The Morgan fingerprint density at radius 3 is 2.39 bits per heavy atom. The fourth-order valence-corrected chi connectivity index (χ4v) is 2.10. The first-order chi connectivity index (χ1) is 13.3. The van der Waals surface area contributed by atoms with Crippen LogP contribution in [-0.2, 0) is 23.0 Å². The Labute approximate surface area is 163 Å². The number of carbonyl (C=O) groups is 1. The fourth-order valence-electron chi connectivity index (χ4n) is 2.10. The lowest BCUT2D eigenvalue weighted by molar-refractivity contribution is -0.136. The van der Waals surface area contributed by atoms with Crippen LogP contribution in [0.2, 0.25) is 0 Å². The lowest BCUT2D eigenvalue weighted by Crippen LogP contribution is -2.15. The van der Waals surface area contributed by atoms with E-state index in [1.807, 2.05) is 61.2 Å². The molecule has 4 nitrogen and oxygen atoms in total. The number of carboxylic acids is 1. The Balaban J connectivity index is 0.000000450. The lowest BCUT2D eigenvalue weighted by Gasteiger charge is -2.04. The molecule has 1 heterocycles. The molecule has 0 aliphatic heterocycles. The monoisotopic (exact) mass is 397 g/mol. The number of benzene rings is 1. The van der Waals surface area contributed by atoms with Crippen molar-refractivity contribution in [3.05, 3.63) is 73.5 Å². The van der Waals surface area contributed by atoms with Gasteiger partial charge in [-0.05, 0) is 18.6 Å². The number of carboxylic acid groups (broad SMARTS) is 1. The van der Waals surface area contributed by atoms with E-state index in [0.29, 0.717) is 0 Å². The number of aliphatic carboxylic acids is 1. The first-order valence-corrected chi connectivity index (χ1v) is 8.41. The summed E-state index contributed by atoms with van der Waals surface area (Å²) in [4.78, 5) is 10.6. The molecule has 2 rings (SSSR count). The van der Waals surface area contributed by atoms with E-state index in [-0.39, 0.29) is 13.0 Å². The normalized spacial score (nSPS) is 11.4. The minimum atomic E-state index is -3.06. The van der Waals surface area contributed by atoms with E-state index in [2.05, 4.69) is 17.9 Å². The quantitative estimate of drug-likeness (QED) is 0.509. The maximum atomic E-state index is 11.7. The van der Waals surface area contributed by atoms with Crippen LogP contribution in [0.4, 0.5) is 13.2 Å². The third kappa shape index (κ3) is 9.78. The maximum absolute atomic E-state index is 11.7. The number of rotatable bonds is 7. The van der Waals surface area contributed by atoms with Gasteiger partial charge < -0.3 is 14.4 Å². The number of allylic oxidation sites excluding steroid dienone is 3. The number of halogens is 3. The SMILES string of the molecule is C=C/C=C/C.C=CCOC(F)C(F)F.Cn1cc(CC(=O)O)c2ccccc21. The molecular weight excluding hydrogens is 371 g/mol. The number of hydrogen-bond acceptors (Lipinski definition) is 2. The molecule has 2 aromatic rings. The number of hydrogen-bond donors (Lipinski definition) is 1. The molecule has 0 bridgehead atoms. The molecule has 0 saturated heterocycles. The van der Waals surface area contributed by atoms with Crippen molar-refractivity contribution in [3.8, 4) is 0 Å². The fraction of sp³-hybridized carbons (Fsp3) is 0.286. The number of para-hydroxylation sites is 1. The largest absolute Gasteiger partial charge is 0.481 e. The van der Waals surface area contributed by atoms with E-state index < -0.39 is 18.8 Å². The molecule has 1 N–H and O–H groups in total. The van der Waals surface area contributed by atoms with Crippen molar-refractivity contribution in [1.29, 1.82) is 0 Å². The van der Waals surface area contributed by atoms with Crippen molar-refractivity contribution in [2.75, 3.05) is 6.61 Å². The Bertz CT molecular complexity index is 769. The highest BCUT2D eigenvalue weighted by Crippen LogP contribution is 2.20. The van der Waals surface area contributed by atoms with Crippen LogP contribution in [0.3, 0.4) is 0 Å². The lowest BCUT2D eigenvalue weighted by atomic mass is 10.1. The number of nitrogens with zero attached hydrogens (tertiary/aromatic N) is 1. The van der Waals surface area contributed by atoms with E-state index in [4.69, 9.17) is 5.11 Å². The summed E-state index contributed by atoms with van der Waals surface area (Å²) in [5.41, 5.74) is 1.94. The Morgan fingerprint density at radius 1 is 1.29 bits per heavy atom. The second-order valence-electron chi connectivity index (χ2n) is 5.42. The molecule has 28 heavy (non-hydrogen) atoms. The molecule has 7 heteroatoms. The Hall–Kier alpha value is -2.80. The average molecular weight is 397 g/mol. The van der Waals surface area contributed by atoms with Crippen LogP contribution in [0, 0.1) is 0 Å². The highest BCUT2D eigenvalue weighted by Gasteiger charge is 2.18. The van der Waals surface area contributed by atoms with Crippen molar-refractivity contribution >= 4 is 16.9 Å². The molecule has 0 spiro atoms. The van der Waals surface area contributed by atoms with Crippen molar-refractivity contribution in [3.63, 3.8) is 0 Å². The van der Waals surface area contributed by atoms with Gasteiger partial charge in [-0.1, -0.05) is 49.1 Å². The second-order valence-corrected chi connectivity index (χ2v) is 5.42. The van der Waals surface area contributed by atoms with E-state index in [9.17, 15) is 18.0 Å². The predicted molar refractivity (Wildman–Crippen MR) is 106 cm³/mol. The summed E-state index contributed by atoms with van der Waals surface area (Å²) in [7, 11) is 1.92. The van der Waals surface area contributed by atoms with Crippen LogP contribution in [0.25, 0.3) is 10.9 Å². The summed E-state index contributed by atoms with van der Waals surface area (Å²) in [6, 6.07) is 7.81. The molecule has 0 amide bonds. The molecule has 0 aliphatic carbocycles. The Kier molecular flexibility index (Phi) is 12.9. The molecule has 1 aromatic heterocycles. The molecule has 154 valence electrons. The second kappa shape index (κ2) is 14.3. The summed E-state index contributed by atoms with van der Waals surface area (Å²) in [5.74, 6) is -0.790. The van der Waals surface area contributed by atoms with Gasteiger partial charge in [0.1, 0.15) is 0 Å². The minimum Gasteiger partial charge on any atom is -0.481 e. The van der Waals surface area contributed by atoms with Gasteiger partial charge in [0.05, 0.1) is 13.0 Å². The zero-order valence-electron chi connectivity index (χ0n) is 16.0. The highest BCUT2D eigenvalue weighted by molar-refractivity contribution is 5.87. The topological polar surface area (TPSA) is 51.5 Å². The van der Waals surface area contributed by atoms with Crippen molar-refractivity contribution < 1.29 is 27.8 Å². The van der Waals surface area contributed by atoms with Gasteiger partial charge in [-0.3, -0.25) is 4.79 Å². The molecule has 1 aromatic carbocycles. The van der Waals surface area contributed by atoms with Gasteiger partial charge in [0, 0.05) is 24.1 Å². The molecule has 0 aliphatic rings. The summed E-state index contributed by atoms with van der Waals surface area (Å²) >= 11 is 0. The first kappa shape index (κ1) is 25.2. The third-order valence-corrected chi connectivity index (χ3v) is 3.22. The van der Waals surface area contributed by atoms with E-state index in [1.54, 1.807) is 6.08 Å². The van der Waals surface area contributed by atoms with Crippen molar-refractivity contribution in [1.82, 2.24) is 4.57 Å². The van der Waals surface area contributed by atoms with Gasteiger partial charge in [-0.25, -0.2) is 13.2 Å². The maximum Gasteiger partial charge on any atom is 0.307 e. The number of ether oxygens (including phenoxy) is 1. The smallest absolute Gasteiger partial charge is 0.307 e. The highest BCUT2D eigenvalue weighted by atomic mass is 19.3. The van der Waals surface area contributed by atoms with Crippen LogP contribution in [-0.4, -0.2) is 35.0 Å². The summed E-state index contributed by atoms with van der Waals surface area (Å²) < 4.78 is 40.0. The van der Waals surface area contributed by atoms with Crippen LogP contribution in [0.5, 0.6) is 0 Å². The van der Waals surface area contributed by atoms with Gasteiger partial charge in [-0.15, -0.1) is 6.58 Å². The average Bonchev–Trinajstić information content (AvgIpc) is 2.97. The molecule has 0 saturated carbocycles. The van der Waals surface area contributed by atoms with Gasteiger partial charge in [-0.2, -0.15) is 0 Å². The Morgan fingerprint density at radius 2 is 1.93 bits per heavy atom. The number of aryl methyl sites for hydroxylation is 1. The van der Waals surface area contributed by atoms with E-state index >= 15 is 0 Å².